The number of nitrogen functional groups attached to an aromatic ring is 1. The molecular weight excluding hydrogens is 496 g/mol. The number of ether oxygens (including phenoxy) is 1. The van der Waals surface area contributed by atoms with E-state index in [9.17, 15) is 4.79 Å². The quantitative estimate of drug-likeness (QED) is 0.332. The number of benzene rings is 1. The van der Waals surface area contributed by atoms with Crippen LogP contribution in [0, 0.1) is 5.41 Å². The predicted octanol–water partition coefficient (Wildman–Crippen LogP) is 5.29. The van der Waals surface area contributed by atoms with E-state index in [1.807, 2.05) is 36.5 Å². The van der Waals surface area contributed by atoms with E-state index in [-0.39, 0.29) is 5.41 Å². The Kier molecular flexibility index (Phi) is 6.56. The molecular formula is C25H27BrN6O2. The molecule has 4 rings (SSSR count). The van der Waals surface area contributed by atoms with Gasteiger partial charge in [-0.3, -0.25) is 4.98 Å². The van der Waals surface area contributed by atoms with Crippen molar-refractivity contribution >= 4 is 44.3 Å². The third-order valence-corrected chi connectivity index (χ3v) is 6.24. The standard InChI is InChI=1S/C25H27BrN6O2/c1-25(2,3)10-6-8-17(34-24(28)33)12-19-21(26)20(22-23(27)30-14-31-32(19)22)16-11-15-7-4-5-9-18(15)29-13-16/h4-7,9-11,13-14,17H,8,12H2,1-3H3,(H2,28,33)(H2,27,30,31). The van der Waals surface area contributed by atoms with Gasteiger partial charge in [0.05, 0.1) is 11.2 Å². The molecule has 4 aromatic rings. The topological polar surface area (TPSA) is 121 Å². The highest BCUT2D eigenvalue weighted by Gasteiger charge is 2.25. The van der Waals surface area contributed by atoms with Crippen LogP contribution >= 0.6 is 15.9 Å². The van der Waals surface area contributed by atoms with E-state index in [4.69, 9.17) is 16.2 Å². The lowest BCUT2D eigenvalue weighted by Crippen LogP contribution is -2.25. The molecule has 0 fully saturated rings. The molecule has 0 radical (unpaired) electrons. The molecule has 176 valence electrons. The van der Waals surface area contributed by atoms with Crippen LogP contribution in [0.1, 0.15) is 32.9 Å². The van der Waals surface area contributed by atoms with Gasteiger partial charge >= 0.3 is 6.09 Å². The number of primary amides is 1. The van der Waals surface area contributed by atoms with E-state index in [1.54, 1.807) is 4.52 Å². The van der Waals surface area contributed by atoms with Crippen molar-refractivity contribution in [1.82, 2.24) is 19.6 Å². The second-order valence-electron chi connectivity index (χ2n) is 9.23. The van der Waals surface area contributed by atoms with E-state index in [0.717, 1.165) is 32.2 Å². The fraction of sp³-hybridized carbons (Fsp3) is 0.280. The first kappa shape index (κ1) is 23.7. The number of hydrogen-bond acceptors (Lipinski definition) is 6. The average molecular weight is 523 g/mol. The minimum atomic E-state index is -0.820. The molecule has 0 bridgehead atoms. The van der Waals surface area contributed by atoms with Crippen molar-refractivity contribution in [2.24, 2.45) is 11.1 Å². The van der Waals surface area contributed by atoms with Crippen LogP contribution in [0.3, 0.4) is 0 Å². The van der Waals surface area contributed by atoms with Gasteiger partial charge in [0.1, 0.15) is 17.9 Å². The van der Waals surface area contributed by atoms with Crippen molar-refractivity contribution in [3.05, 3.63) is 65.2 Å². The van der Waals surface area contributed by atoms with E-state index >= 15 is 0 Å². The molecule has 0 spiro atoms. The van der Waals surface area contributed by atoms with Crippen molar-refractivity contribution < 1.29 is 9.53 Å². The van der Waals surface area contributed by atoms with Crippen LogP contribution in [-0.2, 0) is 11.2 Å². The van der Waals surface area contributed by atoms with Gasteiger partial charge in [-0.1, -0.05) is 51.1 Å². The Morgan fingerprint density at radius 2 is 2.03 bits per heavy atom. The van der Waals surface area contributed by atoms with Gasteiger partial charge in [0, 0.05) is 40.0 Å². The zero-order chi connectivity index (χ0) is 24.5. The number of nitrogens with two attached hydrogens (primary N) is 2. The van der Waals surface area contributed by atoms with Crippen molar-refractivity contribution in [3.8, 4) is 11.1 Å². The molecule has 4 N–H and O–H groups in total. The van der Waals surface area contributed by atoms with Crippen molar-refractivity contribution in [2.75, 3.05) is 5.73 Å². The fourth-order valence-electron chi connectivity index (χ4n) is 3.92. The first-order valence-corrected chi connectivity index (χ1v) is 11.7. The number of carbonyl (C=O) groups is 1. The molecule has 0 saturated carbocycles. The average Bonchev–Trinajstić information content (AvgIpc) is 3.05. The van der Waals surface area contributed by atoms with Gasteiger partial charge in [0.25, 0.3) is 0 Å². The zero-order valence-electron chi connectivity index (χ0n) is 19.3. The summed E-state index contributed by atoms with van der Waals surface area (Å²) >= 11 is 3.76. The predicted molar refractivity (Wildman–Crippen MR) is 137 cm³/mol. The maximum atomic E-state index is 11.6. The molecule has 34 heavy (non-hydrogen) atoms. The van der Waals surface area contributed by atoms with E-state index in [1.165, 1.54) is 6.33 Å². The normalized spacial score (nSPS) is 13.1. The summed E-state index contributed by atoms with van der Waals surface area (Å²) in [7, 11) is 0. The maximum Gasteiger partial charge on any atom is 0.404 e. The molecule has 8 nitrogen and oxygen atoms in total. The number of hydrogen-bond donors (Lipinski definition) is 2. The Balaban J connectivity index is 1.81. The van der Waals surface area contributed by atoms with Crippen LogP contribution in [0.2, 0.25) is 0 Å². The Hall–Kier alpha value is -3.46. The van der Waals surface area contributed by atoms with Gasteiger partial charge in [-0.2, -0.15) is 5.10 Å². The highest BCUT2D eigenvalue weighted by Crippen LogP contribution is 2.40. The Morgan fingerprint density at radius 3 is 2.76 bits per heavy atom. The van der Waals surface area contributed by atoms with Crippen LogP contribution in [0.25, 0.3) is 27.5 Å². The summed E-state index contributed by atoms with van der Waals surface area (Å²) in [6.07, 6.45) is 6.89. The number of pyridine rings is 1. The number of para-hydroxylation sites is 1. The molecule has 0 aliphatic heterocycles. The Bertz CT molecular complexity index is 1390. The summed E-state index contributed by atoms with van der Waals surface area (Å²) in [6, 6.07) is 9.96. The Labute approximate surface area is 206 Å². The van der Waals surface area contributed by atoms with Gasteiger partial charge in [0.15, 0.2) is 5.82 Å². The van der Waals surface area contributed by atoms with Crippen LogP contribution in [0.15, 0.2) is 59.5 Å². The smallest absolute Gasteiger partial charge is 0.404 e. The summed E-state index contributed by atoms with van der Waals surface area (Å²) in [5.41, 5.74) is 15.7. The first-order valence-electron chi connectivity index (χ1n) is 10.9. The minimum Gasteiger partial charge on any atom is -0.446 e. The van der Waals surface area contributed by atoms with Gasteiger partial charge in [-0.25, -0.2) is 14.3 Å². The number of aromatic nitrogens is 4. The monoisotopic (exact) mass is 522 g/mol. The SMILES string of the molecule is CC(C)(C)C=CCC(Cc1c(Br)c(-c2cnc3ccccc3c2)c2c(N)ncnn12)OC(N)=O. The van der Waals surface area contributed by atoms with Crippen molar-refractivity contribution in [1.29, 1.82) is 0 Å². The lowest BCUT2D eigenvalue weighted by atomic mass is 9.95. The molecule has 1 atom stereocenters. The molecule has 0 aliphatic carbocycles. The molecule has 1 aromatic carbocycles. The van der Waals surface area contributed by atoms with Gasteiger partial charge < -0.3 is 16.2 Å². The number of fused-ring (bicyclic) bond motifs is 2. The lowest BCUT2D eigenvalue weighted by Gasteiger charge is -2.17. The number of nitrogens with zero attached hydrogens (tertiary/aromatic N) is 4. The largest absolute Gasteiger partial charge is 0.446 e. The van der Waals surface area contributed by atoms with Crippen molar-refractivity contribution in [3.63, 3.8) is 0 Å². The summed E-state index contributed by atoms with van der Waals surface area (Å²) in [5.74, 6) is 0.338. The summed E-state index contributed by atoms with van der Waals surface area (Å²) in [6.45, 7) is 6.32. The molecule has 0 saturated heterocycles. The Morgan fingerprint density at radius 1 is 1.26 bits per heavy atom. The highest BCUT2D eigenvalue weighted by molar-refractivity contribution is 9.10. The molecule has 1 amide bonds. The molecule has 9 heteroatoms. The van der Waals surface area contributed by atoms with Gasteiger partial charge in [-0.05, 0) is 33.5 Å². The zero-order valence-corrected chi connectivity index (χ0v) is 20.9. The van der Waals surface area contributed by atoms with Gasteiger partial charge in [-0.15, -0.1) is 0 Å². The number of allylic oxidation sites excluding steroid dienone is 1. The van der Waals surface area contributed by atoms with Crippen LogP contribution in [-0.4, -0.2) is 31.8 Å². The fourth-order valence-corrected chi connectivity index (χ4v) is 4.67. The third-order valence-electron chi connectivity index (χ3n) is 5.38. The van der Waals surface area contributed by atoms with Crippen LogP contribution in [0.4, 0.5) is 10.6 Å². The van der Waals surface area contributed by atoms with E-state index < -0.39 is 12.2 Å². The minimum absolute atomic E-state index is 0.0114. The molecule has 3 aromatic heterocycles. The number of amides is 1. The first-order chi connectivity index (χ1) is 16.1. The third kappa shape index (κ3) is 5.04. The highest BCUT2D eigenvalue weighted by atomic mass is 79.9. The summed E-state index contributed by atoms with van der Waals surface area (Å²) in [5, 5.41) is 5.45. The van der Waals surface area contributed by atoms with Crippen LogP contribution in [0.5, 0.6) is 0 Å². The molecule has 1 unspecified atom stereocenters. The van der Waals surface area contributed by atoms with Gasteiger partial charge in [0.2, 0.25) is 0 Å². The lowest BCUT2D eigenvalue weighted by molar-refractivity contribution is 0.107. The molecule has 3 heterocycles. The number of anilines is 1. The van der Waals surface area contributed by atoms with E-state index in [0.29, 0.717) is 24.2 Å². The number of rotatable bonds is 6. The summed E-state index contributed by atoms with van der Waals surface area (Å²) < 4.78 is 7.97. The number of carbonyl (C=O) groups excluding carboxylic acids is 1. The second kappa shape index (κ2) is 9.42. The molecule has 0 aliphatic rings. The number of halogens is 1. The van der Waals surface area contributed by atoms with Crippen LogP contribution < -0.4 is 11.5 Å². The van der Waals surface area contributed by atoms with Crippen molar-refractivity contribution in [2.45, 2.75) is 39.7 Å². The van der Waals surface area contributed by atoms with E-state index in [2.05, 4.69) is 63.9 Å². The second-order valence-corrected chi connectivity index (χ2v) is 10.0. The summed E-state index contributed by atoms with van der Waals surface area (Å²) in [4.78, 5) is 20.4. The maximum absolute atomic E-state index is 11.6.